The zero-order chi connectivity index (χ0) is 21.3. The van der Waals surface area contributed by atoms with Crippen molar-refractivity contribution in [3.8, 4) is 0 Å². The molecule has 6 nitrogen and oxygen atoms in total. The number of carbonyl (C=O) groups is 3. The topological polar surface area (TPSA) is 78.5 Å². The third kappa shape index (κ3) is 4.07. The van der Waals surface area contributed by atoms with E-state index in [0.29, 0.717) is 11.1 Å². The Hall–Kier alpha value is -3.00. The first-order valence-corrected chi connectivity index (χ1v) is 9.11. The molecule has 1 saturated heterocycles. The molecule has 0 aromatic heterocycles. The van der Waals surface area contributed by atoms with Crippen LogP contribution in [0.25, 0.3) is 0 Å². The number of halogens is 3. The van der Waals surface area contributed by atoms with Crippen molar-refractivity contribution in [3.05, 3.63) is 69.7 Å². The van der Waals surface area contributed by atoms with Crippen LogP contribution >= 0.6 is 11.6 Å². The van der Waals surface area contributed by atoms with Gasteiger partial charge < -0.3 is 10.6 Å². The molecule has 29 heavy (non-hydrogen) atoms. The molecule has 3 rings (SSSR count). The van der Waals surface area contributed by atoms with E-state index in [-0.39, 0.29) is 17.1 Å². The number of carbonyl (C=O) groups excluding carboxylic acids is 3. The van der Waals surface area contributed by atoms with Crippen molar-refractivity contribution in [2.45, 2.75) is 25.9 Å². The zero-order valence-electron chi connectivity index (χ0n) is 15.7. The van der Waals surface area contributed by atoms with Gasteiger partial charge in [0, 0.05) is 17.1 Å². The number of rotatable bonds is 5. The molecule has 1 fully saturated rings. The van der Waals surface area contributed by atoms with Crippen LogP contribution in [-0.2, 0) is 21.7 Å². The lowest BCUT2D eigenvalue weighted by atomic mass is 9.92. The van der Waals surface area contributed by atoms with Crippen molar-refractivity contribution in [2.24, 2.45) is 0 Å². The van der Waals surface area contributed by atoms with Crippen molar-refractivity contribution < 1.29 is 23.2 Å². The van der Waals surface area contributed by atoms with Crippen LogP contribution in [0.1, 0.15) is 23.6 Å². The van der Waals surface area contributed by atoms with Gasteiger partial charge in [0.1, 0.15) is 23.7 Å². The number of nitrogens with zero attached hydrogens (tertiary/aromatic N) is 1. The third-order valence-corrected chi connectivity index (χ3v) is 5.09. The molecule has 1 heterocycles. The number of hydrogen-bond acceptors (Lipinski definition) is 3. The van der Waals surface area contributed by atoms with E-state index < -0.39 is 41.6 Å². The van der Waals surface area contributed by atoms with E-state index in [1.165, 1.54) is 19.1 Å². The van der Waals surface area contributed by atoms with Crippen molar-refractivity contribution in [1.82, 2.24) is 15.5 Å². The van der Waals surface area contributed by atoms with Gasteiger partial charge in [-0.3, -0.25) is 14.5 Å². The van der Waals surface area contributed by atoms with Gasteiger partial charge in [-0.25, -0.2) is 13.6 Å². The second-order valence-electron chi connectivity index (χ2n) is 6.93. The highest BCUT2D eigenvalue weighted by Crippen LogP contribution is 2.33. The molecule has 1 atom stereocenters. The molecule has 4 amide bonds. The van der Waals surface area contributed by atoms with Gasteiger partial charge in [-0.05, 0) is 43.2 Å². The highest BCUT2D eigenvalue weighted by molar-refractivity contribution is 6.32. The standard InChI is InChI=1S/C20H18ClF2N3O3/c1-11-3-4-12(7-16(11)23)9-24-17(27)10-26-18(28)20(2,25-19(26)29)14-6-5-13(22)8-15(14)21/h3-8H,9-10H2,1-2H3,(H,24,27)(H,25,29). The van der Waals surface area contributed by atoms with E-state index in [2.05, 4.69) is 10.6 Å². The quantitative estimate of drug-likeness (QED) is 0.728. The molecule has 1 aliphatic heterocycles. The Kier molecular flexibility index (Phi) is 5.57. The average Bonchev–Trinajstić information content (AvgIpc) is 2.86. The lowest BCUT2D eigenvalue weighted by Crippen LogP contribution is -2.43. The van der Waals surface area contributed by atoms with Gasteiger partial charge in [-0.15, -0.1) is 0 Å². The van der Waals surface area contributed by atoms with E-state index in [1.807, 2.05) is 0 Å². The van der Waals surface area contributed by atoms with Crippen molar-refractivity contribution in [2.75, 3.05) is 6.54 Å². The summed E-state index contributed by atoms with van der Waals surface area (Å²) < 4.78 is 26.9. The van der Waals surface area contributed by atoms with Gasteiger partial charge in [0.05, 0.1) is 0 Å². The molecule has 0 spiro atoms. The number of amides is 4. The monoisotopic (exact) mass is 421 g/mol. The summed E-state index contributed by atoms with van der Waals surface area (Å²) in [7, 11) is 0. The van der Waals surface area contributed by atoms with E-state index in [9.17, 15) is 23.2 Å². The number of aryl methyl sites for hydroxylation is 1. The summed E-state index contributed by atoms with van der Waals surface area (Å²) in [6.45, 7) is 2.58. The number of benzene rings is 2. The highest BCUT2D eigenvalue weighted by Gasteiger charge is 2.50. The lowest BCUT2D eigenvalue weighted by Gasteiger charge is -2.23. The fourth-order valence-corrected chi connectivity index (χ4v) is 3.42. The van der Waals surface area contributed by atoms with Crippen LogP contribution in [0.2, 0.25) is 5.02 Å². The SMILES string of the molecule is Cc1ccc(CNC(=O)CN2C(=O)NC(C)(c3ccc(F)cc3Cl)C2=O)cc1F. The molecular formula is C20H18ClF2N3O3. The van der Waals surface area contributed by atoms with E-state index in [4.69, 9.17) is 11.6 Å². The van der Waals surface area contributed by atoms with E-state index in [0.717, 1.165) is 17.0 Å². The third-order valence-electron chi connectivity index (χ3n) is 4.77. The molecule has 2 aromatic rings. The number of nitrogens with one attached hydrogen (secondary N) is 2. The molecule has 0 aliphatic carbocycles. The predicted molar refractivity (Wildman–Crippen MR) is 102 cm³/mol. The molecule has 0 saturated carbocycles. The first-order chi connectivity index (χ1) is 13.6. The number of hydrogen-bond donors (Lipinski definition) is 2. The summed E-state index contributed by atoms with van der Waals surface area (Å²) in [5.41, 5.74) is -0.279. The van der Waals surface area contributed by atoms with Crippen LogP contribution in [0.15, 0.2) is 36.4 Å². The summed E-state index contributed by atoms with van der Waals surface area (Å²) in [6.07, 6.45) is 0. The van der Waals surface area contributed by atoms with Gasteiger partial charge in [0.25, 0.3) is 5.91 Å². The Morgan fingerprint density at radius 1 is 1.21 bits per heavy atom. The van der Waals surface area contributed by atoms with Crippen LogP contribution in [0.5, 0.6) is 0 Å². The molecule has 152 valence electrons. The van der Waals surface area contributed by atoms with Crippen molar-refractivity contribution >= 4 is 29.4 Å². The second-order valence-corrected chi connectivity index (χ2v) is 7.34. The predicted octanol–water partition coefficient (Wildman–Crippen LogP) is 3.01. The Morgan fingerprint density at radius 2 is 1.93 bits per heavy atom. The van der Waals surface area contributed by atoms with Crippen LogP contribution < -0.4 is 10.6 Å². The van der Waals surface area contributed by atoms with Crippen LogP contribution in [0, 0.1) is 18.6 Å². The Bertz CT molecular complexity index is 1010. The first kappa shape index (κ1) is 20.7. The maximum absolute atomic E-state index is 13.6. The van der Waals surface area contributed by atoms with E-state index in [1.54, 1.807) is 19.1 Å². The summed E-state index contributed by atoms with van der Waals surface area (Å²) in [5, 5.41) is 5.03. The maximum atomic E-state index is 13.6. The molecule has 2 aromatic carbocycles. The molecular weight excluding hydrogens is 404 g/mol. The Morgan fingerprint density at radius 3 is 2.59 bits per heavy atom. The normalized spacial score (nSPS) is 18.7. The smallest absolute Gasteiger partial charge is 0.325 e. The Labute approximate surface area is 170 Å². The average molecular weight is 422 g/mol. The lowest BCUT2D eigenvalue weighted by molar-refractivity contribution is -0.134. The first-order valence-electron chi connectivity index (χ1n) is 8.73. The zero-order valence-corrected chi connectivity index (χ0v) is 16.4. The minimum absolute atomic E-state index is 0.0196. The summed E-state index contributed by atoms with van der Waals surface area (Å²) in [4.78, 5) is 38.1. The number of urea groups is 1. The molecule has 1 unspecified atom stereocenters. The van der Waals surface area contributed by atoms with Crippen molar-refractivity contribution in [1.29, 1.82) is 0 Å². The van der Waals surface area contributed by atoms with Gasteiger partial charge in [0.15, 0.2) is 0 Å². The molecule has 1 aliphatic rings. The fourth-order valence-electron chi connectivity index (χ4n) is 3.06. The van der Waals surface area contributed by atoms with Gasteiger partial charge in [-0.2, -0.15) is 0 Å². The van der Waals surface area contributed by atoms with Crippen LogP contribution in [0.4, 0.5) is 13.6 Å². The van der Waals surface area contributed by atoms with Gasteiger partial charge in [-0.1, -0.05) is 29.8 Å². The maximum Gasteiger partial charge on any atom is 0.325 e. The molecule has 2 N–H and O–H groups in total. The van der Waals surface area contributed by atoms with Gasteiger partial charge in [0.2, 0.25) is 5.91 Å². The summed E-state index contributed by atoms with van der Waals surface area (Å²) in [5.74, 6) is -2.25. The fraction of sp³-hybridized carbons (Fsp3) is 0.250. The minimum atomic E-state index is -1.53. The summed E-state index contributed by atoms with van der Waals surface area (Å²) >= 11 is 6.04. The number of imide groups is 1. The van der Waals surface area contributed by atoms with Crippen molar-refractivity contribution in [3.63, 3.8) is 0 Å². The van der Waals surface area contributed by atoms with Crippen LogP contribution in [0.3, 0.4) is 0 Å². The second kappa shape index (κ2) is 7.79. The highest BCUT2D eigenvalue weighted by atomic mass is 35.5. The minimum Gasteiger partial charge on any atom is -0.350 e. The van der Waals surface area contributed by atoms with Gasteiger partial charge >= 0.3 is 6.03 Å². The molecule has 0 radical (unpaired) electrons. The summed E-state index contributed by atoms with van der Waals surface area (Å²) in [6, 6.07) is 7.27. The molecule has 9 heteroatoms. The largest absolute Gasteiger partial charge is 0.350 e. The van der Waals surface area contributed by atoms with Crippen LogP contribution in [-0.4, -0.2) is 29.3 Å². The Balaban J connectivity index is 1.69. The van der Waals surface area contributed by atoms with E-state index >= 15 is 0 Å². The molecule has 0 bridgehead atoms.